The summed E-state index contributed by atoms with van der Waals surface area (Å²) < 4.78 is 1.99. The van der Waals surface area contributed by atoms with Crippen molar-refractivity contribution in [2.45, 2.75) is 13.8 Å². The van der Waals surface area contributed by atoms with Gasteiger partial charge in [0.2, 0.25) is 0 Å². The van der Waals surface area contributed by atoms with E-state index < -0.39 is 0 Å². The first-order valence-corrected chi connectivity index (χ1v) is 3.58. The summed E-state index contributed by atoms with van der Waals surface area (Å²) >= 11 is 0. The maximum absolute atomic E-state index is 5.12. The maximum atomic E-state index is 5.12. The van der Waals surface area contributed by atoms with Crippen LogP contribution < -0.4 is 5.43 Å². The van der Waals surface area contributed by atoms with Crippen LogP contribution in [0, 0.1) is 26.2 Å². The Morgan fingerprint density at radius 1 is 1.45 bits per heavy atom. The molecular weight excluding hydrogens is 136 g/mol. The fourth-order valence-corrected chi connectivity index (χ4v) is 1.04. The number of hydrogen-bond donors (Lipinski definition) is 1. The van der Waals surface area contributed by atoms with E-state index in [9.17, 15) is 0 Å². The zero-order valence-corrected chi connectivity index (χ0v) is 6.89. The SMILES string of the molecule is C#CCNn1c(C)ccc1C. The van der Waals surface area contributed by atoms with Crippen LogP contribution in [0.2, 0.25) is 0 Å². The van der Waals surface area contributed by atoms with Crippen molar-refractivity contribution in [3.05, 3.63) is 23.5 Å². The predicted molar refractivity (Wildman–Crippen MR) is 47.0 cm³/mol. The van der Waals surface area contributed by atoms with Gasteiger partial charge in [-0.2, -0.15) is 0 Å². The molecule has 58 valence electrons. The highest BCUT2D eigenvalue weighted by Gasteiger charge is 1.96. The fraction of sp³-hybridized carbons (Fsp3) is 0.333. The molecule has 0 fully saturated rings. The Bertz CT molecular complexity index is 259. The van der Waals surface area contributed by atoms with Crippen molar-refractivity contribution in [2.24, 2.45) is 0 Å². The number of nitrogens with one attached hydrogen (secondary N) is 1. The van der Waals surface area contributed by atoms with Crippen molar-refractivity contribution in [2.75, 3.05) is 12.0 Å². The molecule has 1 aromatic heterocycles. The highest BCUT2D eigenvalue weighted by Crippen LogP contribution is 2.02. The van der Waals surface area contributed by atoms with Gasteiger partial charge in [-0.25, -0.2) is 0 Å². The number of nitrogens with zero attached hydrogens (tertiary/aromatic N) is 1. The van der Waals surface area contributed by atoms with E-state index in [0.717, 1.165) is 0 Å². The molecule has 1 heterocycles. The molecule has 0 spiro atoms. The molecule has 1 rings (SSSR count). The number of terminal acetylenes is 1. The Labute approximate surface area is 67.2 Å². The minimum Gasteiger partial charge on any atom is -0.314 e. The Kier molecular flexibility index (Phi) is 2.22. The molecule has 0 bridgehead atoms. The lowest BCUT2D eigenvalue weighted by atomic mass is 10.5. The number of hydrogen-bond acceptors (Lipinski definition) is 1. The second kappa shape index (κ2) is 3.16. The molecule has 0 radical (unpaired) electrons. The molecule has 0 amide bonds. The maximum Gasteiger partial charge on any atom is 0.0919 e. The first-order chi connectivity index (χ1) is 5.25. The highest BCUT2D eigenvalue weighted by atomic mass is 15.4. The van der Waals surface area contributed by atoms with Crippen molar-refractivity contribution in [3.63, 3.8) is 0 Å². The van der Waals surface area contributed by atoms with Gasteiger partial charge in [0.25, 0.3) is 0 Å². The van der Waals surface area contributed by atoms with E-state index in [1.165, 1.54) is 11.4 Å². The normalized spacial score (nSPS) is 9.18. The molecule has 0 aliphatic carbocycles. The fourth-order valence-electron chi connectivity index (χ4n) is 1.04. The molecule has 0 atom stereocenters. The lowest BCUT2D eigenvalue weighted by molar-refractivity contribution is 0.835. The Morgan fingerprint density at radius 3 is 2.45 bits per heavy atom. The number of aromatic nitrogens is 1. The molecule has 2 heteroatoms. The molecule has 0 saturated carbocycles. The summed E-state index contributed by atoms with van der Waals surface area (Å²) in [5.74, 6) is 2.53. The number of rotatable bonds is 2. The van der Waals surface area contributed by atoms with Crippen molar-refractivity contribution in [1.82, 2.24) is 4.68 Å². The zero-order chi connectivity index (χ0) is 8.27. The van der Waals surface area contributed by atoms with Crippen molar-refractivity contribution in [1.29, 1.82) is 0 Å². The van der Waals surface area contributed by atoms with Crippen LogP contribution in [0.25, 0.3) is 0 Å². The number of aryl methyl sites for hydroxylation is 2. The summed E-state index contributed by atoms with van der Waals surface area (Å²) in [7, 11) is 0. The van der Waals surface area contributed by atoms with Gasteiger partial charge in [-0.05, 0) is 26.0 Å². The van der Waals surface area contributed by atoms with Crippen molar-refractivity contribution in [3.8, 4) is 12.3 Å². The van der Waals surface area contributed by atoms with Gasteiger partial charge in [0.15, 0.2) is 0 Å². The van der Waals surface area contributed by atoms with Gasteiger partial charge < -0.3 is 5.43 Å². The first kappa shape index (κ1) is 7.74. The summed E-state index contributed by atoms with van der Waals surface area (Å²) in [4.78, 5) is 0. The Balaban J connectivity index is 2.77. The van der Waals surface area contributed by atoms with E-state index in [0.29, 0.717) is 6.54 Å². The largest absolute Gasteiger partial charge is 0.314 e. The monoisotopic (exact) mass is 148 g/mol. The van der Waals surface area contributed by atoms with E-state index in [4.69, 9.17) is 6.42 Å². The van der Waals surface area contributed by atoms with Crippen LogP contribution in [0.1, 0.15) is 11.4 Å². The van der Waals surface area contributed by atoms with E-state index >= 15 is 0 Å². The molecule has 11 heavy (non-hydrogen) atoms. The van der Waals surface area contributed by atoms with Crippen LogP contribution in [0.15, 0.2) is 12.1 Å². The summed E-state index contributed by atoms with van der Waals surface area (Å²) in [6, 6.07) is 4.11. The summed E-state index contributed by atoms with van der Waals surface area (Å²) in [5.41, 5.74) is 5.45. The van der Waals surface area contributed by atoms with Crippen molar-refractivity contribution >= 4 is 0 Å². The average Bonchev–Trinajstić information content (AvgIpc) is 2.29. The first-order valence-electron chi connectivity index (χ1n) is 3.58. The van der Waals surface area contributed by atoms with Crippen LogP contribution in [0.5, 0.6) is 0 Å². The van der Waals surface area contributed by atoms with E-state index in [1.54, 1.807) is 0 Å². The van der Waals surface area contributed by atoms with Crippen LogP contribution in [0.4, 0.5) is 0 Å². The molecule has 0 aromatic carbocycles. The Hall–Kier alpha value is -1.36. The standard InChI is InChI=1S/C9H12N2/c1-4-7-10-11-8(2)5-6-9(11)3/h1,5-6,10H,7H2,2-3H3. The van der Waals surface area contributed by atoms with E-state index in [2.05, 4.69) is 23.5 Å². The van der Waals surface area contributed by atoms with Gasteiger partial charge in [0.1, 0.15) is 0 Å². The zero-order valence-electron chi connectivity index (χ0n) is 6.89. The highest BCUT2D eigenvalue weighted by molar-refractivity contribution is 5.16. The van der Waals surface area contributed by atoms with Crippen LogP contribution in [0.3, 0.4) is 0 Å². The third-order valence-electron chi connectivity index (χ3n) is 1.61. The summed E-state index contributed by atoms with van der Waals surface area (Å²) in [5, 5.41) is 0. The van der Waals surface area contributed by atoms with Crippen LogP contribution in [-0.4, -0.2) is 11.2 Å². The van der Waals surface area contributed by atoms with Crippen molar-refractivity contribution < 1.29 is 0 Å². The van der Waals surface area contributed by atoms with Gasteiger partial charge in [-0.1, -0.05) is 5.92 Å². The molecular formula is C9H12N2. The molecule has 0 aliphatic rings. The minimum absolute atomic E-state index is 0.566. The third kappa shape index (κ3) is 1.56. The summed E-state index contributed by atoms with van der Waals surface area (Å²) in [6.45, 7) is 4.64. The molecule has 0 unspecified atom stereocenters. The third-order valence-corrected chi connectivity index (χ3v) is 1.61. The summed E-state index contributed by atoms with van der Waals surface area (Å²) in [6.07, 6.45) is 5.12. The van der Waals surface area contributed by atoms with Gasteiger partial charge >= 0.3 is 0 Å². The second-order valence-corrected chi connectivity index (χ2v) is 2.49. The van der Waals surface area contributed by atoms with Gasteiger partial charge in [0, 0.05) is 11.4 Å². The minimum atomic E-state index is 0.566. The van der Waals surface area contributed by atoms with Crippen LogP contribution in [-0.2, 0) is 0 Å². The van der Waals surface area contributed by atoms with E-state index in [-0.39, 0.29) is 0 Å². The smallest absolute Gasteiger partial charge is 0.0919 e. The lowest BCUT2D eigenvalue weighted by Crippen LogP contribution is -2.17. The topological polar surface area (TPSA) is 17.0 Å². The quantitative estimate of drug-likeness (QED) is 0.625. The molecule has 1 aromatic rings. The molecule has 0 saturated heterocycles. The Morgan fingerprint density at radius 2 is 2.00 bits per heavy atom. The van der Waals surface area contributed by atoms with Gasteiger partial charge in [0.05, 0.1) is 6.54 Å². The predicted octanol–water partition coefficient (Wildman–Crippen LogP) is 1.28. The second-order valence-electron chi connectivity index (χ2n) is 2.49. The molecule has 0 aliphatic heterocycles. The molecule has 2 nitrogen and oxygen atoms in total. The molecule has 1 N–H and O–H groups in total. The average molecular weight is 148 g/mol. The lowest BCUT2D eigenvalue weighted by Gasteiger charge is -2.08. The van der Waals surface area contributed by atoms with Gasteiger partial charge in [-0.3, -0.25) is 4.68 Å². The van der Waals surface area contributed by atoms with Crippen LogP contribution >= 0.6 is 0 Å². The van der Waals surface area contributed by atoms with Gasteiger partial charge in [-0.15, -0.1) is 6.42 Å². The van der Waals surface area contributed by atoms with E-state index in [1.807, 2.05) is 18.5 Å².